The Labute approximate surface area is 134 Å². The van der Waals surface area contributed by atoms with Gasteiger partial charge in [-0.2, -0.15) is 0 Å². The van der Waals surface area contributed by atoms with Crippen LogP contribution < -0.4 is 0 Å². The average Bonchev–Trinajstić information content (AvgIpc) is 2.94. The van der Waals surface area contributed by atoms with Crippen LogP contribution in [0.15, 0.2) is 17.7 Å². The van der Waals surface area contributed by atoms with Gasteiger partial charge in [-0.1, -0.05) is 19.1 Å². The minimum Gasteiger partial charge on any atom is -0.492 e. The zero-order valence-corrected chi connectivity index (χ0v) is 13.3. The number of aldehydes is 1. The van der Waals surface area contributed by atoms with Gasteiger partial charge in [0.15, 0.2) is 0 Å². The number of ether oxygens (including phenoxy) is 1. The molecular weight excluding hydrogens is 292 g/mol. The molecule has 3 aliphatic rings. The molecular formula is C19H18O4. The van der Waals surface area contributed by atoms with Crippen LogP contribution in [0.25, 0.3) is 5.76 Å². The summed E-state index contributed by atoms with van der Waals surface area (Å²) in [5.74, 6) is -0.364. The molecule has 0 spiro atoms. The highest BCUT2D eigenvalue weighted by atomic mass is 16.5. The van der Waals surface area contributed by atoms with Crippen molar-refractivity contribution in [1.29, 1.82) is 0 Å². The molecule has 2 aliphatic carbocycles. The number of hydrogen-bond donors (Lipinski definition) is 0. The van der Waals surface area contributed by atoms with Gasteiger partial charge < -0.3 is 9.53 Å². The van der Waals surface area contributed by atoms with Crippen LogP contribution in [0.5, 0.6) is 0 Å². The van der Waals surface area contributed by atoms with Gasteiger partial charge in [0.2, 0.25) is 11.6 Å². The topological polar surface area (TPSA) is 60.4 Å². The Morgan fingerprint density at radius 3 is 2.78 bits per heavy atom. The second-order valence-corrected chi connectivity index (χ2v) is 7.02. The largest absolute Gasteiger partial charge is 0.492 e. The maximum absolute atomic E-state index is 12.7. The lowest BCUT2D eigenvalue weighted by Gasteiger charge is -2.33. The number of ketones is 2. The maximum atomic E-state index is 12.7. The standard InChI is InChI=1S/C19H18O4/c1-10-8-23-18-12-5-6-13-11(4-3-7-19(13,2)9-20)15(12)17(22)16(21)14(10)18/h5-6,9-10H,3-4,7-8H2,1-2H3. The van der Waals surface area contributed by atoms with E-state index >= 15 is 0 Å². The first-order valence-corrected chi connectivity index (χ1v) is 8.07. The molecule has 1 aromatic rings. The Morgan fingerprint density at radius 2 is 2.04 bits per heavy atom. The smallest absolute Gasteiger partial charge is 0.234 e. The third kappa shape index (κ3) is 1.75. The van der Waals surface area contributed by atoms with Crippen molar-refractivity contribution in [3.05, 3.63) is 40.0 Å². The second-order valence-electron chi connectivity index (χ2n) is 7.02. The van der Waals surface area contributed by atoms with Crippen molar-refractivity contribution in [3.8, 4) is 0 Å². The molecule has 2 atom stereocenters. The summed E-state index contributed by atoms with van der Waals surface area (Å²) in [5.41, 5.74) is 2.86. The van der Waals surface area contributed by atoms with Crippen molar-refractivity contribution in [1.82, 2.24) is 0 Å². The molecule has 0 aromatic heterocycles. The average molecular weight is 310 g/mol. The fraction of sp³-hybridized carbons (Fsp3) is 0.421. The zero-order chi connectivity index (χ0) is 16.4. The fourth-order valence-corrected chi connectivity index (χ4v) is 4.16. The Balaban J connectivity index is 2.01. The lowest BCUT2D eigenvalue weighted by atomic mass is 9.69. The van der Waals surface area contributed by atoms with Crippen molar-refractivity contribution in [2.45, 2.75) is 38.5 Å². The lowest BCUT2D eigenvalue weighted by molar-refractivity contribution is -0.112. The van der Waals surface area contributed by atoms with Crippen LogP contribution in [0.3, 0.4) is 0 Å². The first-order valence-electron chi connectivity index (χ1n) is 8.07. The molecule has 0 saturated carbocycles. The molecule has 4 heteroatoms. The molecule has 0 bridgehead atoms. The SMILES string of the molecule is CC1COC2=C1C(=O)C(=O)c1c2ccc2c1CCCC2(C)C=O. The maximum Gasteiger partial charge on any atom is 0.234 e. The van der Waals surface area contributed by atoms with E-state index in [2.05, 4.69) is 0 Å². The molecule has 0 saturated heterocycles. The molecule has 0 N–H and O–H groups in total. The predicted molar refractivity (Wildman–Crippen MR) is 84.2 cm³/mol. The number of fused-ring (bicyclic) bond motifs is 4. The minimum atomic E-state index is -0.579. The normalized spacial score (nSPS) is 28.9. The summed E-state index contributed by atoms with van der Waals surface area (Å²) in [7, 11) is 0. The number of Topliss-reactive ketones (excluding diaryl/α,β-unsaturated/α-hetero) is 2. The molecule has 0 fully saturated rings. The van der Waals surface area contributed by atoms with Crippen LogP contribution >= 0.6 is 0 Å². The first-order chi connectivity index (χ1) is 11.0. The lowest BCUT2D eigenvalue weighted by Crippen LogP contribution is -2.33. The van der Waals surface area contributed by atoms with Gasteiger partial charge in [0.1, 0.15) is 12.0 Å². The summed E-state index contributed by atoms with van der Waals surface area (Å²) < 4.78 is 5.72. The summed E-state index contributed by atoms with van der Waals surface area (Å²) in [6.07, 6.45) is 3.29. The number of carbonyl (C=O) groups excluding carboxylic acids is 3. The highest BCUT2D eigenvalue weighted by Gasteiger charge is 2.43. The van der Waals surface area contributed by atoms with Gasteiger partial charge >= 0.3 is 0 Å². The minimum absolute atomic E-state index is 0.0501. The Kier molecular flexibility index (Phi) is 2.89. The van der Waals surface area contributed by atoms with E-state index in [-0.39, 0.29) is 5.92 Å². The predicted octanol–water partition coefficient (Wildman–Crippen LogP) is 2.62. The van der Waals surface area contributed by atoms with E-state index in [0.717, 1.165) is 42.2 Å². The van der Waals surface area contributed by atoms with Crippen molar-refractivity contribution in [2.24, 2.45) is 5.92 Å². The van der Waals surface area contributed by atoms with Crippen LogP contribution in [0.4, 0.5) is 0 Å². The summed E-state index contributed by atoms with van der Waals surface area (Å²) in [5, 5.41) is 0. The van der Waals surface area contributed by atoms with Crippen molar-refractivity contribution >= 4 is 23.6 Å². The van der Waals surface area contributed by atoms with Gasteiger partial charge in [-0.3, -0.25) is 9.59 Å². The van der Waals surface area contributed by atoms with Gasteiger partial charge in [0.25, 0.3) is 0 Å². The molecule has 0 amide bonds. The van der Waals surface area contributed by atoms with E-state index in [4.69, 9.17) is 4.74 Å². The van der Waals surface area contributed by atoms with Gasteiger partial charge in [-0.05, 0) is 37.3 Å². The monoisotopic (exact) mass is 310 g/mol. The highest BCUT2D eigenvalue weighted by molar-refractivity contribution is 6.52. The highest BCUT2D eigenvalue weighted by Crippen LogP contribution is 2.44. The van der Waals surface area contributed by atoms with E-state index in [9.17, 15) is 14.4 Å². The summed E-state index contributed by atoms with van der Waals surface area (Å²) in [4.78, 5) is 36.9. The molecule has 4 rings (SSSR count). The quantitative estimate of drug-likeness (QED) is 0.591. The van der Waals surface area contributed by atoms with Gasteiger partial charge in [-0.15, -0.1) is 0 Å². The Hall–Kier alpha value is -2.23. The van der Waals surface area contributed by atoms with E-state index < -0.39 is 17.0 Å². The first kappa shape index (κ1) is 14.4. The van der Waals surface area contributed by atoms with E-state index in [0.29, 0.717) is 23.5 Å². The van der Waals surface area contributed by atoms with Gasteiger partial charge in [0.05, 0.1) is 12.2 Å². The molecule has 0 radical (unpaired) electrons. The summed E-state index contributed by atoms with van der Waals surface area (Å²) in [6, 6.07) is 3.78. The van der Waals surface area contributed by atoms with Gasteiger partial charge in [0, 0.05) is 22.5 Å². The third-order valence-electron chi connectivity index (χ3n) is 5.45. The van der Waals surface area contributed by atoms with E-state index in [1.807, 2.05) is 26.0 Å². The van der Waals surface area contributed by atoms with Crippen molar-refractivity contribution in [3.63, 3.8) is 0 Å². The molecule has 118 valence electrons. The Morgan fingerprint density at radius 1 is 1.26 bits per heavy atom. The Bertz CT molecular complexity index is 802. The van der Waals surface area contributed by atoms with Crippen molar-refractivity contribution in [2.75, 3.05) is 6.61 Å². The fourth-order valence-electron chi connectivity index (χ4n) is 4.16. The molecule has 1 heterocycles. The van der Waals surface area contributed by atoms with Crippen LogP contribution in [-0.4, -0.2) is 24.5 Å². The van der Waals surface area contributed by atoms with Crippen LogP contribution in [0.2, 0.25) is 0 Å². The van der Waals surface area contributed by atoms with E-state index in [1.165, 1.54) is 0 Å². The second kappa shape index (κ2) is 4.63. The number of hydrogen-bond acceptors (Lipinski definition) is 4. The number of benzene rings is 1. The number of carbonyl (C=O) groups is 3. The summed E-state index contributed by atoms with van der Waals surface area (Å²) >= 11 is 0. The van der Waals surface area contributed by atoms with Crippen LogP contribution in [-0.2, 0) is 26.2 Å². The number of rotatable bonds is 1. The molecule has 2 unspecified atom stereocenters. The molecule has 1 aliphatic heterocycles. The van der Waals surface area contributed by atoms with Crippen LogP contribution in [0.1, 0.15) is 53.7 Å². The van der Waals surface area contributed by atoms with Crippen LogP contribution in [0, 0.1) is 5.92 Å². The zero-order valence-electron chi connectivity index (χ0n) is 13.3. The van der Waals surface area contributed by atoms with Crippen molar-refractivity contribution < 1.29 is 19.1 Å². The molecule has 4 nitrogen and oxygen atoms in total. The van der Waals surface area contributed by atoms with Gasteiger partial charge in [-0.25, -0.2) is 0 Å². The molecule has 1 aromatic carbocycles. The van der Waals surface area contributed by atoms with E-state index in [1.54, 1.807) is 0 Å². The molecule has 23 heavy (non-hydrogen) atoms. The third-order valence-corrected chi connectivity index (χ3v) is 5.45. The summed E-state index contributed by atoms with van der Waals surface area (Å²) in [6.45, 7) is 4.24.